The number of hydrogen-bond donors (Lipinski definition) is 1. The van der Waals surface area contributed by atoms with Gasteiger partial charge in [-0.3, -0.25) is 14.5 Å². The summed E-state index contributed by atoms with van der Waals surface area (Å²) in [6.07, 6.45) is 3.13. The van der Waals surface area contributed by atoms with Crippen LogP contribution in [0.4, 0.5) is 5.82 Å². The lowest BCUT2D eigenvalue weighted by molar-refractivity contribution is -0.128. The monoisotopic (exact) mass is 450 g/mol. The lowest BCUT2D eigenvalue weighted by atomic mass is 9.77. The van der Waals surface area contributed by atoms with Crippen LogP contribution in [0.5, 0.6) is 0 Å². The van der Waals surface area contributed by atoms with Crippen molar-refractivity contribution >= 4 is 11.7 Å². The summed E-state index contributed by atoms with van der Waals surface area (Å²) in [4.78, 5) is 28.8. The fraction of sp³-hybridized carbons (Fsp3) is 0.455. The van der Waals surface area contributed by atoms with Crippen LogP contribution in [0.2, 0.25) is 0 Å². The highest BCUT2D eigenvalue weighted by Gasteiger charge is 2.49. The Labute approximate surface area is 190 Å². The number of benzene rings is 1. The average Bonchev–Trinajstić information content (AvgIpc) is 3.47. The van der Waals surface area contributed by atoms with Gasteiger partial charge in [0, 0.05) is 26.2 Å². The van der Waals surface area contributed by atoms with Gasteiger partial charge in [0.2, 0.25) is 5.91 Å². The number of piperidine rings is 1. The van der Waals surface area contributed by atoms with Gasteiger partial charge in [0.05, 0.1) is 17.2 Å². The lowest BCUT2D eigenvalue weighted by Gasteiger charge is -2.38. The minimum atomic E-state index is -0.652. The van der Waals surface area contributed by atoms with E-state index < -0.39 is 11.5 Å². The van der Waals surface area contributed by atoms with Gasteiger partial charge in [-0.1, -0.05) is 12.1 Å². The predicted octanol–water partition coefficient (Wildman–Crippen LogP) is 0.308. The minimum Gasteiger partial charge on any atom is -0.387 e. The molecule has 1 spiro atoms. The van der Waals surface area contributed by atoms with Crippen LogP contribution in [0.3, 0.4) is 0 Å². The number of likely N-dealkylation sites (tertiary alicyclic amines) is 1. The number of anilines is 1. The third-order valence-corrected chi connectivity index (χ3v) is 6.85. The molecule has 2 aliphatic heterocycles. The Balaban J connectivity index is 1.21. The molecule has 11 nitrogen and oxygen atoms in total. The summed E-state index contributed by atoms with van der Waals surface area (Å²) in [6, 6.07) is 10.6. The number of carbonyl (C=O) groups excluding carboxylic acids is 1. The first-order valence-electron chi connectivity index (χ1n) is 11.1. The number of β-amino-alcohol motifs (C(OH)–C–C–N with tert-alkyl or cyclic N) is 1. The van der Waals surface area contributed by atoms with E-state index in [1.54, 1.807) is 22.7 Å². The quantitative estimate of drug-likeness (QED) is 0.589. The largest absolute Gasteiger partial charge is 0.387 e. The van der Waals surface area contributed by atoms with E-state index in [0.717, 1.165) is 43.6 Å². The van der Waals surface area contributed by atoms with Crippen molar-refractivity contribution in [2.75, 3.05) is 31.1 Å². The SMILES string of the molecule is Cn1nc(N2CCC3(CCN(CC(O)c4cccc(-n5cnnn5)c4)CC3)C2=O)ccc1=O. The van der Waals surface area contributed by atoms with Gasteiger partial charge in [-0.05, 0) is 66.5 Å². The fourth-order valence-corrected chi connectivity index (χ4v) is 4.80. The highest BCUT2D eigenvalue weighted by Crippen LogP contribution is 2.42. The Bertz CT molecular complexity index is 1200. The molecule has 2 fully saturated rings. The molecular formula is C22H26N8O3. The fourth-order valence-electron chi connectivity index (χ4n) is 4.80. The van der Waals surface area contributed by atoms with Crippen LogP contribution in [0.1, 0.15) is 30.9 Å². The van der Waals surface area contributed by atoms with Crippen LogP contribution in [0.25, 0.3) is 5.69 Å². The summed E-state index contributed by atoms with van der Waals surface area (Å²) in [5.74, 6) is 0.613. The van der Waals surface area contributed by atoms with Crippen molar-refractivity contribution in [3.8, 4) is 5.69 Å². The normalized spacial score (nSPS) is 19.3. The van der Waals surface area contributed by atoms with Crippen LogP contribution in [0, 0.1) is 5.41 Å². The number of rotatable bonds is 5. The molecule has 1 N–H and O–H groups in total. The molecule has 172 valence electrons. The maximum Gasteiger partial charge on any atom is 0.266 e. The second-order valence-corrected chi connectivity index (χ2v) is 8.81. The van der Waals surface area contributed by atoms with E-state index in [0.29, 0.717) is 18.9 Å². The van der Waals surface area contributed by atoms with E-state index in [4.69, 9.17) is 0 Å². The molecule has 1 aromatic carbocycles. The number of aliphatic hydroxyl groups is 1. The van der Waals surface area contributed by atoms with E-state index in [1.807, 2.05) is 24.3 Å². The zero-order valence-corrected chi connectivity index (χ0v) is 18.4. The summed E-state index contributed by atoms with van der Waals surface area (Å²) in [5, 5.41) is 26.3. The number of carbonyl (C=O) groups is 1. The molecule has 1 amide bonds. The standard InChI is InChI=1S/C22H26N8O3/c1-27-20(32)6-5-19(24-27)29-12-9-22(21(29)33)7-10-28(11-8-22)14-18(31)16-3-2-4-17(13-16)30-15-23-25-26-30/h2-6,13,15,18,31H,7-12,14H2,1H3. The molecular weight excluding hydrogens is 424 g/mol. The summed E-state index contributed by atoms with van der Waals surface area (Å²) >= 11 is 0. The van der Waals surface area contributed by atoms with Gasteiger partial charge in [-0.2, -0.15) is 5.10 Å². The van der Waals surface area contributed by atoms with Crippen LogP contribution in [-0.4, -0.2) is 72.1 Å². The van der Waals surface area contributed by atoms with Gasteiger partial charge in [-0.15, -0.1) is 5.10 Å². The van der Waals surface area contributed by atoms with Gasteiger partial charge in [-0.25, -0.2) is 9.36 Å². The van der Waals surface area contributed by atoms with E-state index in [-0.39, 0.29) is 11.5 Å². The predicted molar refractivity (Wildman–Crippen MR) is 119 cm³/mol. The van der Waals surface area contributed by atoms with Gasteiger partial charge >= 0.3 is 0 Å². The average molecular weight is 451 g/mol. The molecule has 2 aromatic heterocycles. The maximum absolute atomic E-state index is 13.3. The zero-order chi connectivity index (χ0) is 23.0. The van der Waals surface area contributed by atoms with Crippen molar-refractivity contribution in [1.29, 1.82) is 0 Å². The smallest absolute Gasteiger partial charge is 0.266 e. The lowest BCUT2D eigenvalue weighted by Crippen LogP contribution is -2.46. The van der Waals surface area contributed by atoms with Gasteiger partial charge < -0.3 is 10.0 Å². The van der Waals surface area contributed by atoms with Crippen molar-refractivity contribution in [3.05, 3.63) is 58.6 Å². The Morgan fingerprint density at radius 1 is 1.09 bits per heavy atom. The molecule has 0 saturated carbocycles. The summed E-state index contributed by atoms with van der Waals surface area (Å²) in [7, 11) is 1.59. The second kappa shape index (κ2) is 8.49. The number of aliphatic hydroxyl groups excluding tert-OH is 1. The van der Waals surface area contributed by atoms with Crippen LogP contribution >= 0.6 is 0 Å². The highest BCUT2D eigenvalue weighted by atomic mass is 16.3. The van der Waals surface area contributed by atoms with E-state index in [9.17, 15) is 14.7 Å². The molecule has 3 aromatic rings. The molecule has 5 rings (SSSR count). The molecule has 0 bridgehead atoms. The first kappa shape index (κ1) is 21.4. The van der Waals surface area contributed by atoms with Crippen molar-refractivity contribution in [2.24, 2.45) is 12.5 Å². The number of aryl methyl sites for hydroxylation is 1. The highest BCUT2D eigenvalue weighted by molar-refractivity contribution is 5.99. The molecule has 0 radical (unpaired) electrons. The van der Waals surface area contributed by atoms with Crippen LogP contribution in [0.15, 0.2) is 47.5 Å². The summed E-state index contributed by atoms with van der Waals surface area (Å²) in [6.45, 7) is 2.58. The third kappa shape index (κ3) is 4.05. The van der Waals surface area contributed by atoms with Gasteiger partial charge in [0.15, 0.2) is 5.82 Å². The summed E-state index contributed by atoms with van der Waals surface area (Å²) < 4.78 is 2.81. The van der Waals surface area contributed by atoms with Crippen molar-refractivity contribution in [2.45, 2.75) is 25.4 Å². The van der Waals surface area contributed by atoms with Gasteiger partial charge in [0.25, 0.3) is 5.56 Å². The van der Waals surface area contributed by atoms with Crippen molar-refractivity contribution < 1.29 is 9.90 Å². The first-order chi connectivity index (χ1) is 15.9. The number of tetrazole rings is 1. The molecule has 0 aliphatic carbocycles. The molecule has 2 aliphatic rings. The Morgan fingerprint density at radius 3 is 2.61 bits per heavy atom. The Morgan fingerprint density at radius 2 is 1.88 bits per heavy atom. The Hall–Kier alpha value is -3.44. The molecule has 11 heteroatoms. The Kier molecular flexibility index (Phi) is 5.51. The molecule has 1 unspecified atom stereocenters. The number of amides is 1. The zero-order valence-electron chi connectivity index (χ0n) is 18.4. The number of hydrogen-bond acceptors (Lipinski definition) is 8. The molecule has 4 heterocycles. The van der Waals surface area contributed by atoms with Crippen LogP contribution < -0.4 is 10.5 Å². The molecule has 33 heavy (non-hydrogen) atoms. The summed E-state index contributed by atoms with van der Waals surface area (Å²) in [5.41, 5.74) is 0.998. The number of aromatic nitrogens is 6. The minimum absolute atomic E-state index is 0.0861. The van der Waals surface area contributed by atoms with Crippen LogP contribution in [-0.2, 0) is 11.8 Å². The first-order valence-corrected chi connectivity index (χ1v) is 11.1. The van der Waals surface area contributed by atoms with E-state index in [2.05, 4.69) is 25.5 Å². The van der Waals surface area contributed by atoms with E-state index >= 15 is 0 Å². The van der Waals surface area contributed by atoms with Gasteiger partial charge in [0.1, 0.15) is 6.33 Å². The van der Waals surface area contributed by atoms with Crippen molar-refractivity contribution in [1.82, 2.24) is 34.9 Å². The molecule has 1 atom stereocenters. The second-order valence-electron chi connectivity index (χ2n) is 8.81. The van der Waals surface area contributed by atoms with E-state index in [1.165, 1.54) is 17.1 Å². The molecule has 2 saturated heterocycles. The topological polar surface area (TPSA) is 122 Å². The third-order valence-electron chi connectivity index (χ3n) is 6.85. The maximum atomic E-state index is 13.3. The number of nitrogens with zero attached hydrogens (tertiary/aromatic N) is 8. The van der Waals surface area contributed by atoms with Crippen molar-refractivity contribution in [3.63, 3.8) is 0 Å².